The smallest absolute Gasteiger partial charge is 0.228 e. The number of ether oxygens (including phenoxy) is 1. The lowest BCUT2D eigenvalue weighted by atomic mass is 9.96. The highest BCUT2D eigenvalue weighted by atomic mass is 19.2. The lowest BCUT2D eigenvalue weighted by Gasteiger charge is -2.11. The van der Waals surface area contributed by atoms with E-state index in [1.54, 1.807) is 12.1 Å². The largest absolute Gasteiger partial charge is 0.457 e. The summed E-state index contributed by atoms with van der Waals surface area (Å²) in [6.07, 6.45) is 2.02. The summed E-state index contributed by atoms with van der Waals surface area (Å²) in [7, 11) is 0. The fraction of sp³-hybridized carbons (Fsp3) is 0.143. The van der Waals surface area contributed by atoms with Gasteiger partial charge in [0, 0.05) is 11.1 Å². The Morgan fingerprint density at radius 2 is 1.09 bits per heavy atom. The second-order valence-electron chi connectivity index (χ2n) is 7.86. The number of benzene rings is 4. The molecular formula is C28H21F5O. The molecule has 4 rings (SSSR count). The number of aryl methyl sites for hydroxylation is 1. The first kappa shape index (κ1) is 23.5. The molecule has 34 heavy (non-hydrogen) atoms. The normalized spacial score (nSPS) is 11.0. The molecule has 0 saturated carbocycles. The Bertz CT molecular complexity index is 1290. The molecule has 0 amide bonds. The van der Waals surface area contributed by atoms with Crippen LogP contribution in [0.25, 0.3) is 33.4 Å². The van der Waals surface area contributed by atoms with E-state index in [9.17, 15) is 22.0 Å². The third kappa shape index (κ3) is 4.81. The molecule has 174 valence electrons. The van der Waals surface area contributed by atoms with Crippen molar-refractivity contribution in [2.24, 2.45) is 0 Å². The van der Waals surface area contributed by atoms with E-state index >= 15 is 0 Å². The first-order valence-electron chi connectivity index (χ1n) is 10.8. The molecule has 0 unspecified atom stereocenters. The van der Waals surface area contributed by atoms with Gasteiger partial charge in [-0.1, -0.05) is 61.9 Å². The molecule has 0 spiro atoms. The average Bonchev–Trinajstić information content (AvgIpc) is 2.82. The van der Waals surface area contributed by atoms with Crippen LogP contribution in [0.4, 0.5) is 22.0 Å². The Labute approximate surface area is 194 Å². The SMILES string of the molecule is CCCc1ccc(-c2ccc(-c3ccc(-c4cc(F)c(OCF)c(F)c4)c(F)c3)c(F)c2)cc1. The molecule has 1 nitrogen and oxygen atoms in total. The van der Waals surface area contributed by atoms with Crippen LogP contribution in [0.15, 0.2) is 72.8 Å². The summed E-state index contributed by atoms with van der Waals surface area (Å²) in [4.78, 5) is 0. The van der Waals surface area contributed by atoms with Crippen molar-refractivity contribution in [2.45, 2.75) is 19.8 Å². The summed E-state index contributed by atoms with van der Waals surface area (Å²) < 4.78 is 74.4. The molecule has 0 aliphatic carbocycles. The predicted molar refractivity (Wildman–Crippen MR) is 123 cm³/mol. The molecule has 6 heteroatoms. The summed E-state index contributed by atoms with van der Waals surface area (Å²) in [5, 5.41) is 0. The minimum Gasteiger partial charge on any atom is -0.457 e. The number of rotatable bonds is 7. The molecule has 0 radical (unpaired) electrons. The Balaban J connectivity index is 1.63. The number of halogens is 5. The van der Waals surface area contributed by atoms with Gasteiger partial charge >= 0.3 is 0 Å². The molecule has 0 heterocycles. The monoisotopic (exact) mass is 468 g/mol. The zero-order valence-corrected chi connectivity index (χ0v) is 18.3. The van der Waals surface area contributed by atoms with Gasteiger partial charge in [-0.2, -0.15) is 0 Å². The van der Waals surface area contributed by atoms with E-state index < -0.39 is 35.9 Å². The van der Waals surface area contributed by atoms with Crippen LogP contribution in [0.2, 0.25) is 0 Å². The van der Waals surface area contributed by atoms with Crippen LogP contribution in [-0.4, -0.2) is 6.86 Å². The van der Waals surface area contributed by atoms with Crippen molar-refractivity contribution in [3.8, 4) is 39.1 Å². The number of hydrogen-bond donors (Lipinski definition) is 0. The fourth-order valence-electron chi connectivity index (χ4n) is 3.91. The van der Waals surface area contributed by atoms with E-state index in [-0.39, 0.29) is 22.3 Å². The van der Waals surface area contributed by atoms with E-state index in [2.05, 4.69) is 11.7 Å². The van der Waals surface area contributed by atoms with Crippen molar-refractivity contribution in [2.75, 3.05) is 6.86 Å². The van der Waals surface area contributed by atoms with Gasteiger partial charge in [0.05, 0.1) is 0 Å². The molecule has 0 aliphatic heterocycles. The molecule has 0 aromatic heterocycles. The van der Waals surface area contributed by atoms with Crippen LogP contribution >= 0.6 is 0 Å². The molecular weight excluding hydrogens is 447 g/mol. The van der Waals surface area contributed by atoms with E-state index in [0.29, 0.717) is 5.56 Å². The standard InChI is InChI=1S/C28H21F5O/c1-2-3-17-4-6-18(7-5-17)19-8-10-22(24(30)12-19)20-9-11-23(25(31)13-20)21-14-26(32)28(34-16-29)27(33)15-21/h4-15H,2-3,16H2,1H3. The van der Waals surface area contributed by atoms with Crippen molar-refractivity contribution in [1.29, 1.82) is 0 Å². The molecule has 0 N–H and O–H groups in total. The van der Waals surface area contributed by atoms with E-state index in [1.165, 1.54) is 23.8 Å². The van der Waals surface area contributed by atoms with E-state index in [4.69, 9.17) is 0 Å². The first-order valence-corrected chi connectivity index (χ1v) is 10.8. The fourth-order valence-corrected chi connectivity index (χ4v) is 3.91. The predicted octanol–water partition coefficient (Wildman–Crippen LogP) is 8.50. The van der Waals surface area contributed by atoms with Gasteiger partial charge < -0.3 is 4.74 Å². The number of alkyl halides is 1. The second kappa shape index (κ2) is 10.1. The Morgan fingerprint density at radius 1 is 0.588 bits per heavy atom. The Morgan fingerprint density at radius 3 is 1.65 bits per heavy atom. The summed E-state index contributed by atoms with van der Waals surface area (Å²) in [6, 6.07) is 18.2. The van der Waals surface area contributed by atoms with Crippen LogP contribution in [0.1, 0.15) is 18.9 Å². The van der Waals surface area contributed by atoms with Gasteiger partial charge in [0.2, 0.25) is 6.86 Å². The quantitative estimate of drug-likeness (QED) is 0.247. The summed E-state index contributed by atoms with van der Waals surface area (Å²) in [6.45, 7) is 0.707. The lowest BCUT2D eigenvalue weighted by Crippen LogP contribution is -1.98. The molecule has 0 atom stereocenters. The minimum atomic E-state index is -1.40. The van der Waals surface area contributed by atoms with Gasteiger partial charge in [0.25, 0.3) is 0 Å². The van der Waals surface area contributed by atoms with Crippen molar-refractivity contribution >= 4 is 0 Å². The Hall–Kier alpha value is -3.67. The molecule has 0 saturated heterocycles. The van der Waals surface area contributed by atoms with Gasteiger partial charge in [0.1, 0.15) is 11.6 Å². The summed E-state index contributed by atoms with van der Waals surface area (Å²) in [5.41, 5.74) is 3.08. The van der Waals surface area contributed by atoms with Gasteiger partial charge in [-0.3, -0.25) is 0 Å². The third-order valence-electron chi connectivity index (χ3n) is 5.58. The lowest BCUT2D eigenvalue weighted by molar-refractivity contribution is 0.176. The highest BCUT2D eigenvalue weighted by Gasteiger charge is 2.17. The topological polar surface area (TPSA) is 9.23 Å². The molecule has 4 aromatic carbocycles. The molecule has 0 fully saturated rings. The maximum atomic E-state index is 14.9. The number of hydrogen-bond acceptors (Lipinski definition) is 1. The van der Waals surface area contributed by atoms with E-state index in [0.717, 1.165) is 36.6 Å². The summed E-state index contributed by atoms with van der Waals surface area (Å²) >= 11 is 0. The van der Waals surface area contributed by atoms with Crippen LogP contribution in [0.5, 0.6) is 5.75 Å². The highest BCUT2D eigenvalue weighted by molar-refractivity contribution is 5.74. The van der Waals surface area contributed by atoms with Crippen LogP contribution in [0.3, 0.4) is 0 Å². The molecule has 0 bridgehead atoms. The first-order chi connectivity index (χ1) is 16.4. The van der Waals surface area contributed by atoms with Gasteiger partial charge in [-0.25, -0.2) is 22.0 Å². The third-order valence-corrected chi connectivity index (χ3v) is 5.58. The van der Waals surface area contributed by atoms with Gasteiger partial charge in [-0.05, 0) is 58.5 Å². The Kier molecular flexibility index (Phi) is 6.96. The van der Waals surface area contributed by atoms with Crippen LogP contribution < -0.4 is 4.74 Å². The highest BCUT2D eigenvalue weighted by Crippen LogP contribution is 2.34. The second-order valence-corrected chi connectivity index (χ2v) is 7.86. The van der Waals surface area contributed by atoms with E-state index in [1.807, 2.05) is 24.3 Å². The molecule has 0 aliphatic rings. The van der Waals surface area contributed by atoms with Crippen molar-refractivity contribution < 1.29 is 26.7 Å². The maximum absolute atomic E-state index is 14.9. The summed E-state index contributed by atoms with van der Waals surface area (Å²) in [5.74, 6) is -4.48. The average molecular weight is 468 g/mol. The van der Waals surface area contributed by atoms with Gasteiger partial charge in [0.15, 0.2) is 17.4 Å². The van der Waals surface area contributed by atoms with Crippen LogP contribution in [-0.2, 0) is 6.42 Å². The zero-order chi connectivity index (χ0) is 24.2. The van der Waals surface area contributed by atoms with Crippen LogP contribution in [0, 0.1) is 23.3 Å². The molecule has 4 aromatic rings. The maximum Gasteiger partial charge on any atom is 0.228 e. The van der Waals surface area contributed by atoms with Crippen molar-refractivity contribution in [3.05, 3.63) is 102 Å². The van der Waals surface area contributed by atoms with Crippen molar-refractivity contribution in [1.82, 2.24) is 0 Å². The van der Waals surface area contributed by atoms with Crippen molar-refractivity contribution in [3.63, 3.8) is 0 Å². The minimum absolute atomic E-state index is 0.0856. The van der Waals surface area contributed by atoms with Gasteiger partial charge in [-0.15, -0.1) is 0 Å². The zero-order valence-electron chi connectivity index (χ0n) is 18.3.